The highest BCUT2D eigenvalue weighted by Gasteiger charge is 2.28. The van der Waals surface area contributed by atoms with Gasteiger partial charge in [0.2, 0.25) is 0 Å². The first-order valence-corrected chi connectivity index (χ1v) is 7.21. The van der Waals surface area contributed by atoms with Crippen LogP contribution in [0.15, 0.2) is 6.33 Å². The zero-order valence-corrected chi connectivity index (χ0v) is 11.7. The summed E-state index contributed by atoms with van der Waals surface area (Å²) in [7, 11) is 0. The van der Waals surface area contributed by atoms with Gasteiger partial charge in [-0.1, -0.05) is 0 Å². The molecule has 2 heterocycles. The van der Waals surface area contributed by atoms with Crippen molar-refractivity contribution < 1.29 is 9.90 Å². The minimum absolute atomic E-state index is 0.409. The summed E-state index contributed by atoms with van der Waals surface area (Å²) in [6.07, 6.45) is 4.95. The molecule has 0 aromatic carbocycles. The van der Waals surface area contributed by atoms with E-state index in [9.17, 15) is 4.79 Å². The van der Waals surface area contributed by atoms with Gasteiger partial charge in [-0.3, -0.25) is 9.69 Å². The van der Waals surface area contributed by atoms with E-state index in [1.807, 2.05) is 4.90 Å². The number of carboxylic acid groups (broad SMARTS) is 1. The molecule has 0 radical (unpaired) electrons. The summed E-state index contributed by atoms with van der Waals surface area (Å²) in [5.41, 5.74) is 2.49. The van der Waals surface area contributed by atoms with Crippen LogP contribution in [-0.2, 0) is 17.6 Å². The summed E-state index contributed by atoms with van der Waals surface area (Å²) in [5.74, 6) is 0.316. The number of piperazine rings is 1. The molecule has 108 valence electrons. The molecule has 20 heavy (non-hydrogen) atoms. The smallest absolute Gasteiger partial charge is 0.320 e. The fourth-order valence-electron chi connectivity index (χ4n) is 3.09. The maximum atomic E-state index is 11.0. The first-order chi connectivity index (χ1) is 9.66. The molecule has 1 aliphatic heterocycles. The van der Waals surface area contributed by atoms with Gasteiger partial charge in [0.25, 0.3) is 0 Å². The van der Waals surface area contributed by atoms with E-state index in [0.29, 0.717) is 0 Å². The average molecular weight is 276 g/mol. The van der Waals surface area contributed by atoms with Gasteiger partial charge in [-0.05, 0) is 26.2 Å². The van der Waals surface area contributed by atoms with Crippen LogP contribution in [0.3, 0.4) is 0 Å². The summed E-state index contributed by atoms with van der Waals surface area (Å²) < 4.78 is 0. The molecule has 1 atom stereocenters. The standard InChI is InChI=1S/C14H20N4O2/c1-10(14(19)20)17-5-7-18(8-6-17)13-11-3-2-4-12(11)15-9-16-13/h9-10H,2-8H2,1H3,(H,19,20). The number of aryl methyl sites for hydroxylation is 1. The lowest BCUT2D eigenvalue weighted by atomic mass is 10.2. The lowest BCUT2D eigenvalue weighted by molar-refractivity contribution is -0.142. The molecule has 0 amide bonds. The number of carbonyl (C=O) groups is 1. The van der Waals surface area contributed by atoms with E-state index >= 15 is 0 Å². The van der Waals surface area contributed by atoms with Gasteiger partial charge >= 0.3 is 5.97 Å². The quantitative estimate of drug-likeness (QED) is 0.870. The third-order valence-electron chi connectivity index (χ3n) is 4.37. The van der Waals surface area contributed by atoms with Crippen LogP contribution in [0.5, 0.6) is 0 Å². The van der Waals surface area contributed by atoms with Crippen LogP contribution >= 0.6 is 0 Å². The first kappa shape index (κ1) is 13.3. The Hall–Kier alpha value is -1.69. The summed E-state index contributed by atoms with van der Waals surface area (Å²) >= 11 is 0. The molecule has 1 aromatic rings. The number of nitrogens with zero attached hydrogens (tertiary/aromatic N) is 4. The Balaban J connectivity index is 1.70. The SMILES string of the molecule is CC(C(=O)O)N1CCN(c2ncnc3c2CCC3)CC1. The summed E-state index contributed by atoms with van der Waals surface area (Å²) in [4.78, 5) is 24.1. The fourth-order valence-corrected chi connectivity index (χ4v) is 3.09. The van der Waals surface area contributed by atoms with Crippen LogP contribution in [-0.4, -0.2) is 58.2 Å². The van der Waals surface area contributed by atoms with E-state index < -0.39 is 12.0 Å². The Kier molecular flexibility index (Phi) is 3.56. The number of hydrogen-bond acceptors (Lipinski definition) is 5. The second kappa shape index (κ2) is 5.36. The summed E-state index contributed by atoms with van der Waals surface area (Å²) in [5, 5.41) is 9.07. The lowest BCUT2D eigenvalue weighted by Crippen LogP contribution is -2.52. The number of hydrogen-bond donors (Lipinski definition) is 1. The Bertz CT molecular complexity index is 512. The molecule has 0 bridgehead atoms. The molecule has 1 aromatic heterocycles. The van der Waals surface area contributed by atoms with Crippen LogP contribution in [0.2, 0.25) is 0 Å². The first-order valence-electron chi connectivity index (χ1n) is 7.21. The van der Waals surface area contributed by atoms with Crippen LogP contribution < -0.4 is 4.90 Å². The molecule has 0 saturated carbocycles. The second-order valence-corrected chi connectivity index (χ2v) is 5.51. The zero-order valence-electron chi connectivity index (χ0n) is 11.7. The van der Waals surface area contributed by atoms with E-state index in [-0.39, 0.29) is 0 Å². The van der Waals surface area contributed by atoms with E-state index in [1.165, 1.54) is 11.3 Å². The number of fused-ring (bicyclic) bond motifs is 1. The van der Waals surface area contributed by atoms with E-state index in [2.05, 4.69) is 14.9 Å². The Labute approximate surface area is 118 Å². The van der Waals surface area contributed by atoms with Gasteiger partial charge < -0.3 is 10.0 Å². The number of aromatic nitrogens is 2. The lowest BCUT2D eigenvalue weighted by Gasteiger charge is -2.37. The monoisotopic (exact) mass is 276 g/mol. The third-order valence-corrected chi connectivity index (χ3v) is 4.37. The van der Waals surface area contributed by atoms with Gasteiger partial charge in [-0.2, -0.15) is 0 Å². The van der Waals surface area contributed by atoms with E-state index in [1.54, 1.807) is 13.3 Å². The van der Waals surface area contributed by atoms with Crippen LogP contribution in [0, 0.1) is 0 Å². The molecule has 1 fully saturated rings. The van der Waals surface area contributed by atoms with Crippen molar-refractivity contribution in [2.24, 2.45) is 0 Å². The average Bonchev–Trinajstić information content (AvgIpc) is 2.95. The van der Waals surface area contributed by atoms with Crippen molar-refractivity contribution in [2.45, 2.75) is 32.2 Å². The Morgan fingerprint density at radius 3 is 2.70 bits per heavy atom. The minimum atomic E-state index is -0.749. The molecule has 0 spiro atoms. The Morgan fingerprint density at radius 1 is 1.25 bits per heavy atom. The maximum Gasteiger partial charge on any atom is 0.320 e. The molecule has 3 rings (SSSR count). The van der Waals surface area contributed by atoms with Gasteiger partial charge in [-0.25, -0.2) is 9.97 Å². The normalized spacial score (nSPS) is 20.8. The van der Waals surface area contributed by atoms with Gasteiger partial charge in [0.1, 0.15) is 18.2 Å². The largest absolute Gasteiger partial charge is 0.480 e. The topological polar surface area (TPSA) is 69.6 Å². The summed E-state index contributed by atoms with van der Waals surface area (Å²) in [6.45, 7) is 4.96. The van der Waals surface area contributed by atoms with Crippen molar-refractivity contribution in [1.29, 1.82) is 0 Å². The van der Waals surface area contributed by atoms with Crippen molar-refractivity contribution in [3.05, 3.63) is 17.6 Å². The second-order valence-electron chi connectivity index (χ2n) is 5.51. The van der Waals surface area contributed by atoms with Crippen molar-refractivity contribution in [2.75, 3.05) is 31.1 Å². The van der Waals surface area contributed by atoms with E-state index in [4.69, 9.17) is 5.11 Å². The number of aliphatic carboxylic acids is 1. The van der Waals surface area contributed by atoms with Crippen molar-refractivity contribution in [1.82, 2.24) is 14.9 Å². The van der Waals surface area contributed by atoms with Crippen LogP contribution in [0.1, 0.15) is 24.6 Å². The highest BCUT2D eigenvalue weighted by molar-refractivity contribution is 5.73. The molecule has 1 saturated heterocycles. The zero-order chi connectivity index (χ0) is 14.1. The van der Waals surface area contributed by atoms with Crippen LogP contribution in [0.25, 0.3) is 0 Å². The minimum Gasteiger partial charge on any atom is -0.480 e. The molecule has 1 aliphatic carbocycles. The van der Waals surface area contributed by atoms with Crippen molar-refractivity contribution >= 4 is 11.8 Å². The van der Waals surface area contributed by atoms with Crippen molar-refractivity contribution in [3.8, 4) is 0 Å². The number of rotatable bonds is 3. The Morgan fingerprint density at radius 2 is 2.00 bits per heavy atom. The van der Waals surface area contributed by atoms with Gasteiger partial charge in [0, 0.05) is 37.4 Å². The fraction of sp³-hybridized carbons (Fsp3) is 0.643. The molecule has 2 aliphatic rings. The van der Waals surface area contributed by atoms with E-state index in [0.717, 1.165) is 51.3 Å². The van der Waals surface area contributed by atoms with Crippen molar-refractivity contribution in [3.63, 3.8) is 0 Å². The highest BCUT2D eigenvalue weighted by Crippen LogP contribution is 2.28. The molecular formula is C14H20N4O2. The number of anilines is 1. The molecule has 1 unspecified atom stereocenters. The van der Waals surface area contributed by atoms with Gasteiger partial charge in [0.05, 0.1) is 0 Å². The maximum absolute atomic E-state index is 11.0. The highest BCUT2D eigenvalue weighted by atomic mass is 16.4. The molecule has 1 N–H and O–H groups in total. The molecule has 6 heteroatoms. The third kappa shape index (κ3) is 2.35. The van der Waals surface area contributed by atoms with Crippen LogP contribution in [0.4, 0.5) is 5.82 Å². The number of carboxylic acids is 1. The predicted octanol–water partition coefficient (Wildman–Crippen LogP) is 0.560. The van der Waals surface area contributed by atoms with Gasteiger partial charge in [-0.15, -0.1) is 0 Å². The predicted molar refractivity (Wildman–Crippen MR) is 74.9 cm³/mol. The summed E-state index contributed by atoms with van der Waals surface area (Å²) in [6, 6.07) is -0.409. The molecular weight excluding hydrogens is 256 g/mol. The molecule has 6 nitrogen and oxygen atoms in total. The van der Waals surface area contributed by atoms with Gasteiger partial charge in [0.15, 0.2) is 0 Å².